The van der Waals surface area contributed by atoms with E-state index in [9.17, 15) is 9.59 Å². The summed E-state index contributed by atoms with van der Waals surface area (Å²) < 4.78 is 0. The van der Waals surface area contributed by atoms with Gasteiger partial charge in [0.05, 0.1) is 13.1 Å². The third kappa shape index (κ3) is 4.56. The zero-order valence-electron chi connectivity index (χ0n) is 8.74. The van der Waals surface area contributed by atoms with E-state index in [1.165, 1.54) is 5.57 Å². The number of isocyanates is 1. The Morgan fingerprint density at radius 3 is 3.20 bits per heavy atom. The molecule has 0 heterocycles. The van der Waals surface area contributed by atoms with Crippen molar-refractivity contribution in [3.05, 3.63) is 11.8 Å². The van der Waals surface area contributed by atoms with E-state index in [4.69, 9.17) is 0 Å². The number of allylic oxidation sites excluding steroid dienone is 1. The SMILES string of the molecule is O=C=NCC1CCCC(=CNCC=O)C1. The lowest BCUT2D eigenvalue weighted by Crippen LogP contribution is -2.15. The maximum absolute atomic E-state index is 10.1. The normalized spacial score (nSPS) is 23.2. The van der Waals surface area contributed by atoms with Gasteiger partial charge in [0.2, 0.25) is 6.08 Å². The minimum atomic E-state index is 0.362. The molecule has 0 radical (unpaired) electrons. The summed E-state index contributed by atoms with van der Waals surface area (Å²) in [6.07, 6.45) is 8.64. The summed E-state index contributed by atoms with van der Waals surface area (Å²) in [5.74, 6) is 0.462. The second-order valence-corrected chi connectivity index (χ2v) is 3.77. The molecule has 1 aliphatic carbocycles. The van der Waals surface area contributed by atoms with Crippen LogP contribution in [0.2, 0.25) is 0 Å². The average Bonchev–Trinajstić information content (AvgIpc) is 2.27. The lowest BCUT2D eigenvalue weighted by Gasteiger charge is -2.22. The van der Waals surface area contributed by atoms with Crippen molar-refractivity contribution in [2.75, 3.05) is 13.1 Å². The van der Waals surface area contributed by atoms with Crippen LogP contribution in [-0.4, -0.2) is 25.5 Å². The van der Waals surface area contributed by atoms with Crippen LogP contribution in [0.1, 0.15) is 25.7 Å². The third-order valence-corrected chi connectivity index (χ3v) is 2.58. The van der Waals surface area contributed by atoms with Crippen LogP contribution in [0.25, 0.3) is 0 Å². The standard InChI is InChI=1S/C11H16N2O2/c14-5-4-12-7-10-2-1-3-11(6-10)8-13-9-15/h5,7,11-12H,1-4,6,8H2. The first-order valence-electron chi connectivity index (χ1n) is 5.25. The molecule has 0 bridgehead atoms. The summed E-state index contributed by atoms with van der Waals surface area (Å²) in [4.78, 5) is 23.7. The minimum absolute atomic E-state index is 0.362. The molecule has 1 saturated carbocycles. The Bertz CT molecular complexity index is 280. The molecule has 0 aromatic carbocycles. The Labute approximate surface area is 89.5 Å². The van der Waals surface area contributed by atoms with Gasteiger partial charge in [0.25, 0.3) is 0 Å². The average molecular weight is 208 g/mol. The molecular formula is C11H16N2O2. The van der Waals surface area contributed by atoms with Crippen LogP contribution in [0.15, 0.2) is 16.8 Å². The number of nitrogens with one attached hydrogen (secondary N) is 1. The number of aldehydes is 1. The molecular weight excluding hydrogens is 192 g/mol. The van der Waals surface area contributed by atoms with Crippen molar-refractivity contribution in [3.8, 4) is 0 Å². The molecule has 0 aromatic heterocycles. The van der Waals surface area contributed by atoms with Crippen molar-refractivity contribution >= 4 is 12.4 Å². The van der Waals surface area contributed by atoms with Crippen LogP contribution in [0.3, 0.4) is 0 Å². The van der Waals surface area contributed by atoms with Gasteiger partial charge in [0.1, 0.15) is 6.29 Å². The van der Waals surface area contributed by atoms with Crippen molar-refractivity contribution in [1.82, 2.24) is 5.32 Å². The van der Waals surface area contributed by atoms with Gasteiger partial charge in [0, 0.05) is 0 Å². The van der Waals surface area contributed by atoms with Crippen molar-refractivity contribution in [1.29, 1.82) is 0 Å². The lowest BCUT2D eigenvalue weighted by molar-refractivity contribution is -0.107. The first-order chi connectivity index (χ1) is 7.36. The first kappa shape index (κ1) is 11.7. The highest BCUT2D eigenvalue weighted by atomic mass is 16.1. The fourth-order valence-electron chi connectivity index (χ4n) is 1.90. The molecule has 1 aliphatic rings. The highest BCUT2D eigenvalue weighted by Gasteiger charge is 2.16. The molecule has 15 heavy (non-hydrogen) atoms. The van der Waals surface area contributed by atoms with Crippen LogP contribution in [-0.2, 0) is 9.59 Å². The molecule has 0 spiro atoms. The largest absolute Gasteiger partial charge is 0.384 e. The Balaban J connectivity index is 2.37. The number of carbonyl (C=O) groups excluding carboxylic acids is 2. The molecule has 4 nitrogen and oxygen atoms in total. The predicted octanol–water partition coefficient (Wildman–Crippen LogP) is 1.18. The summed E-state index contributed by atoms with van der Waals surface area (Å²) in [6, 6.07) is 0. The van der Waals surface area contributed by atoms with E-state index >= 15 is 0 Å². The third-order valence-electron chi connectivity index (χ3n) is 2.58. The van der Waals surface area contributed by atoms with E-state index in [1.54, 1.807) is 6.08 Å². The number of aliphatic imine (C=N–C) groups is 1. The summed E-state index contributed by atoms with van der Waals surface area (Å²) in [7, 11) is 0. The molecule has 1 atom stereocenters. The van der Waals surface area contributed by atoms with Gasteiger partial charge in [-0.2, -0.15) is 0 Å². The van der Waals surface area contributed by atoms with Crippen LogP contribution >= 0.6 is 0 Å². The van der Waals surface area contributed by atoms with E-state index in [0.29, 0.717) is 19.0 Å². The monoisotopic (exact) mass is 208 g/mol. The first-order valence-corrected chi connectivity index (χ1v) is 5.25. The molecule has 1 fully saturated rings. The molecule has 82 valence electrons. The molecule has 0 aliphatic heterocycles. The molecule has 0 amide bonds. The predicted molar refractivity (Wildman–Crippen MR) is 57.1 cm³/mol. The fraction of sp³-hybridized carbons (Fsp3) is 0.636. The van der Waals surface area contributed by atoms with Crippen LogP contribution in [0, 0.1) is 5.92 Å². The van der Waals surface area contributed by atoms with Gasteiger partial charge < -0.3 is 10.1 Å². The molecule has 1 N–H and O–H groups in total. The van der Waals surface area contributed by atoms with Crippen LogP contribution < -0.4 is 5.32 Å². The fourth-order valence-corrected chi connectivity index (χ4v) is 1.90. The van der Waals surface area contributed by atoms with Gasteiger partial charge in [-0.25, -0.2) is 9.79 Å². The molecule has 0 saturated heterocycles. The molecule has 1 unspecified atom stereocenters. The zero-order valence-corrected chi connectivity index (χ0v) is 8.74. The van der Waals surface area contributed by atoms with E-state index < -0.39 is 0 Å². The second-order valence-electron chi connectivity index (χ2n) is 3.77. The molecule has 0 aromatic rings. The van der Waals surface area contributed by atoms with Crippen LogP contribution in [0.5, 0.6) is 0 Å². The topological polar surface area (TPSA) is 58.5 Å². The number of rotatable bonds is 5. The quantitative estimate of drug-likeness (QED) is 0.319. The summed E-state index contributed by atoms with van der Waals surface area (Å²) in [6.45, 7) is 0.940. The van der Waals surface area contributed by atoms with Crippen molar-refractivity contribution in [2.45, 2.75) is 25.7 Å². The smallest absolute Gasteiger partial charge is 0.234 e. The van der Waals surface area contributed by atoms with Crippen molar-refractivity contribution < 1.29 is 9.59 Å². The molecule has 1 rings (SSSR count). The van der Waals surface area contributed by atoms with Gasteiger partial charge >= 0.3 is 0 Å². The Morgan fingerprint density at radius 1 is 1.60 bits per heavy atom. The Morgan fingerprint density at radius 2 is 2.47 bits per heavy atom. The number of hydrogen-bond donors (Lipinski definition) is 1. The second kappa shape index (κ2) is 6.96. The summed E-state index contributed by atoms with van der Waals surface area (Å²) in [5, 5.41) is 2.94. The Hall–Kier alpha value is -1.41. The van der Waals surface area contributed by atoms with E-state index in [0.717, 1.165) is 32.0 Å². The van der Waals surface area contributed by atoms with E-state index in [-0.39, 0.29) is 0 Å². The number of carbonyl (C=O) groups is 1. The highest BCUT2D eigenvalue weighted by molar-refractivity contribution is 5.52. The zero-order chi connectivity index (χ0) is 10.9. The van der Waals surface area contributed by atoms with Gasteiger partial charge in [-0.05, 0) is 37.8 Å². The van der Waals surface area contributed by atoms with Crippen LogP contribution in [0.4, 0.5) is 0 Å². The van der Waals surface area contributed by atoms with E-state index in [1.807, 2.05) is 6.20 Å². The van der Waals surface area contributed by atoms with Crippen molar-refractivity contribution in [2.24, 2.45) is 10.9 Å². The van der Waals surface area contributed by atoms with Crippen molar-refractivity contribution in [3.63, 3.8) is 0 Å². The Kier molecular flexibility index (Phi) is 5.41. The summed E-state index contributed by atoms with van der Waals surface area (Å²) in [5.41, 5.74) is 1.31. The van der Waals surface area contributed by atoms with Gasteiger partial charge in [-0.3, -0.25) is 0 Å². The maximum Gasteiger partial charge on any atom is 0.234 e. The van der Waals surface area contributed by atoms with Gasteiger partial charge in [0.15, 0.2) is 0 Å². The number of hydrogen-bond acceptors (Lipinski definition) is 4. The van der Waals surface area contributed by atoms with Gasteiger partial charge in [-0.15, -0.1) is 0 Å². The number of nitrogens with zero attached hydrogens (tertiary/aromatic N) is 1. The minimum Gasteiger partial charge on any atom is -0.384 e. The van der Waals surface area contributed by atoms with E-state index in [2.05, 4.69) is 10.3 Å². The summed E-state index contributed by atoms with van der Waals surface area (Å²) >= 11 is 0. The van der Waals surface area contributed by atoms with Gasteiger partial charge in [-0.1, -0.05) is 5.57 Å². The lowest BCUT2D eigenvalue weighted by atomic mass is 9.86. The highest BCUT2D eigenvalue weighted by Crippen LogP contribution is 2.27. The maximum atomic E-state index is 10.1. The molecule has 4 heteroatoms.